The van der Waals surface area contributed by atoms with Crippen molar-refractivity contribution in [1.29, 1.82) is 0 Å². The molecule has 0 saturated heterocycles. The van der Waals surface area contributed by atoms with Gasteiger partial charge < -0.3 is 10.1 Å². The quantitative estimate of drug-likeness (QED) is 0.883. The highest BCUT2D eigenvalue weighted by atomic mass is 35.5. The molecule has 1 N–H and O–H groups in total. The van der Waals surface area contributed by atoms with Crippen LogP contribution >= 0.6 is 22.9 Å². The molecule has 3 rings (SSSR count). The summed E-state index contributed by atoms with van der Waals surface area (Å²) in [6, 6.07) is 8.11. The van der Waals surface area contributed by atoms with E-state index in [4.69, 9.17) is 16.3 Å². The Morgan fingerprint density at radius 1 is 1.32 bits per heavy atom. The van der Waals surface area contributed by atoms with Crippen LogP contribution in [0.2, 0.25) is 5.02 Å². The molecule has 1 aliphatic rings. The summed E-state index contributed by atoms with van der Waals surface area (Å²) in [5.41, 5.74) is 0. The Bertz CT molecular complexity index is 537. The summed E-state index contributed by atoms with van der Waals surface area (Å²) in [5.74, 6) is 0.817. The lowest BCUT2D eigenvalue weighted by Gasteiger charge is -2.03. The molecule has 0 bridgehead atoms. The van der Waals surface area contributed by atoms with Crippen molar-refractivity contribution in [3.63, 3.8) is 0 Å². The normalized spacial score (nSPS) is 14.6. The van der Waals surface area contributed by atoms with Gasteiger partial charge in [-0.2, -0.15) is 0 Å². The molecule has 19 heavy (non-hydrogen) atoms. The van der Waals surface area contributed by atoms with Gasteiger partial charge >= 0.3 is 0 Å². The molecule has 0 unspecified atom stereocenters. The van der Waals surface area contributed by atoms with Crippen molar-refractivity contribution >= 4 is 22.9 Å². The Labute approximate surface area is 121 Å². The second-order valence-electron chi connectivity index (χ2n) is 4.62. The molecule has 0 atom stereocenters. The van der Waals surface area contributed by atoms with Gasteiger partial charge in [0.05, 0.1) is 0 Å². The first-order valence-corrected chi connectivity index (χ1v) is 7.54. The van der Waals surface area contributed by atoms with Crippen LogP contribution in [0.1, 0.15) is 22.7 Å². The molecule has 1 heterocycles. The molecule has 0 radical (unpaired) electrons. The van der Waals surface area contributed by atoms with E-state index in [1.54, 1.807) is 11.3 Å². The van der Waals surface area contributed by atoms with E-state index in [1.807, 2.05) is 30.5 Å². The Kier molecular flexibility index (Phi) is 4.01. The summed E-state index contributed by atoms with van der Waals surface area (Å²) in [5, 5.41) is 5.20. The minimum absolute atomic E-state index is 0.510. The third kappa shape index (κ3) is 3.93. The first-order valence-electron chi connectivity index (χ1n) is 6.35. The summed E-state index contributed by atoms with van der Waals surface area (Å²) >= 11 is 7.53. The molecule has 1 aromatic carbocycles. The van der Waals surface area contributed by atoms with Gasteiger partial charge in [0.25, 0.3) is 0 Å². The fourth-order valence-electron chi connectivity index (χ4n) is 1.70. The lowest BCUT2D eigenvalue weighted by atomic mass is 10.3. The van der Waals surface area contributed by atoms with Crippen LogP contribution < -0.4 is 10.1 Å². The van der Waals surface area contributed by atoms with Crippen molar-refractivity contribution in [2.24, 2.45) is 0 Å². The van der Waals surface area contributed by atoms with Gasteiger partial charge in [-0.15, -0.1) is 11.3 Å². The first kappa shape index (κ1) is 12.9. The van der Waals surface area contributed by atoms with Crippen molar-refractivity contribution in [2.45, 2.75) is 32.0 Å². The number of benzene rings is 1. The molecule has 1 aromatic heterocycles. The summed E-state index contributed by atoms with van der Waals surface area (Å²) < 4.78 is 5.67. The van der Waals surface area contributed by atoms with Crippen LogP contribution in [0.25, 0.3) is 0 Å². The van der Waals surface area contributed by atoms with Gasteiger partial charge in [0.15, 0.2) is 0 Å². The molecule has 1 fully saturated rings. The molecule has 0 aliphatic heterocycles. The van der Waals surface area contributed by atoms with Crippen LogP contribution in [0.15, 0.2) is 30.5 Å². The van der Waals surface area contributed by atoms with E-state index in [1.165, 1.54) is 17.7 Å². The number of aromatic nitrogens is 1. The predicted octanol–water partition coefficient (Wildman–Crippen LogP) is 3.63. The maximum absolute atomic E-state index is 5.82. The Hall–Kier alpha value is -1.10. The number of thiazole rings is 1. The molecule has 3 nitrogen and oxygen atoms in total. The van der Waals surface area contributed by atoms with Crippen molar-refractivity contribution in [2.75, 3.05) is 0 Å². The van der Waals surface area contributed by atoms with Crippen LogP contribution in [-0.4, -0.2) is 11.0 Å². The number of hydrogen-bond acceptors (Lipinski definition) is 4. The van der Waals surface area contributed by atoms with E-state index in [-0.39, 0.29) is 0 Å². The van der Waals surface area contributed by atoms with Crippen molar-refractivity contribution in [3.05, 3.63) is 45.4 Å². The Morgan fingerprint density at radius 3 is 2.84 bits per heavy atom. The molecule has 0 amide bonds. The highest BCUT2D eigenvalue weighted by Gasteiger charge is 2.20. The van der Waals surface area contributed by atoms with Crippen molar-refractivity contribution < 1.29 is 4.74 Å². The zero-order valence-corrected chi connectivity index (χ0v) is 12.0. The van der Waals surface area contributed by atoms with E-state index in [0.717, 1.165) is 28.4 Å². The third-order valence-corrected chi connectivity index (χ3v) is 4.14. The zero-order valence-electron chi connectivity index (χ0n) is 10.4. The molecule has 1 aliphatic carbocycles. The van der Waals surface area contributed by atoms with Gasteiger partial charge in [-0.1, -0.05) is 11.6 Å². The highest BCUT2D eigenvalue weighted by Crippen LogP contribution is 2.22. The van der Waals surface area contributed by atoms with Crippen molar-refractivity contribution in [1.82, 2.24) is 10.3 Å². The largest absolute Gasteiger partial charge is 0.486 e. The first-order chi connectivity index (χ1) is 9.29. The predicted molar refractivity (Wildman–Crippen MR) is 77.8 cm³/mol. The monoisotopic (exact) mass is 294 g/mol. The van der Waals surface area contributed by atoms with Gasteiger partial charge in [-0.3, -0.25) is 0 Å². The number of nitrogens with zero attached hydrogens (tertiary/aromatic N) is 1. The number of rotatable bonds is 6. The van der Waals surface area contributed by atoms with E-state index in [2.05, 4.69) is 10.3 Å². The van der Waals surface area contributed by atoms with E-state index >= 15 is 0 Å². The second kappa shape index (κ2) is 5.90. The minimum atomic E-state index is 0.510. The van der Waals surface area contributed by atoms with Crippen LogP contribution in [0.5, 0.6) is 5.75 Å². The molecule has 100 valence electrons. The molecule has 2 aromatic rings. The van der Waals surface area contributed by atoms with Crippen molar-refractivity contribution in [3.8, 4) is 5.75 Å². The molecular weight excluding hydrogens is 280 g/mol. The fraction of sp³-hybridized carbons (Fsp3) is 0.357. The summed E-state index contributed by atoms with van der Waals surface area (Å²) in [4.78, 5) is 5.64. The van der Waals surface area contributed by atoms with Crippen LogP contribution in [0, 0.1) is 0 Å². The van der Waals surface area contributed by atoms with E-state index in [9.17, 15) is 0 Å². The number of halogens is 1. The second-order valence-corrected chi connectivity index (χ2v) is 6.25. The number of hydrogen-bond donors (Lipinski definition) is 1. The maximum atomic E-state index is 5.82. The van der Waals surface area contributed by atoms with Gasteiger partial charge in [0, 0.05) is 28.7 Å². The zero-order chi connectivity index (χ0) is 13.1. The summed E-state index contributed by atoms with van der Waals surface area (Å²) in [7, 11) is 0. The smallest absolute Gasteiger partial charge is 0.140 e. The highest BCUT2D eigenvalue weighted by molar-refractivity contribution is 7.11. The van der Waals surface area contributed by atoms with Crippen LogP contribution in [0.3, 0.4) is 0 Å². The lowest BCUT2D eigenvalue weighted by Crippen LogP contribution is -2.14. The van der Waals surface area contributed by atoms with Gasteiger partial charge in [-0.25, -0.2) is 4.98 Å². The third-order valence-electron chi connectivity index (χ3n) is 2.92. The van der Waals surface area contributed by atoms with E-state index < -0.39 is 0 Å². The average Bonchev–Trinajstić information content (AvgIpc) is 3.15. The summed E-state index contributed by atoms with van der Waals surface area (Å²) in [6.45, 7) is 1.43. The van der Waals surface area contributed by atoms with Crippen LogP contribution in [0.4, 0.5) is 0 Å². The molecule has 5 heteroatoms. The minimum Gasteiger partial charge on any atom is -0.486 e. The van der Waals surface area contributed by atoms with Gasteiger partial charge in [0.1, 0.15) is 17.4 Å². The van der Waals surface area contributed by atoms with Crippen LogP contribution in [-0.2, 0) is 13.2 Å². The average molecular weight is 295 g/mol. The fourth-order valence-corrected chi connectivity index (χ4v) is 2.62. The Balaban J connectivity index is 1.50. The summed E-state index contributed by atoms with van der Waals surface area (Å²) in [6.07, 6.45) is 4.55. The SMILES string of the molecule is Clc1ccc(OCc2ncc(CNC3CC3)s2)cc1. The molecular formula is C14H15ClN2OS. The maximum Gasteiger partial charge on any atom is 0.140 e. The topological polar surface area (TPSA) is 34.1 Å². The van der Waals surface area contributed by atoms with Gasteiger partial charge in [0.2, 0.25) is 0 Å². The van der Waals surface area contributed by atoms with Gasteiger partial charge in [-0.05, 0) is 37.1 Å². The molecule has 1 saturated carbocycles. The number of ether oxygens (including phenoxy) is 1. The Morgan fingerprint density at radius 2 is 2.11 bits per heavy atom. The standard InChI is InChI=1S/C14H15ClN2OS/c15-10-1-5-12(6-2-10)18-9-14-17-8-13(19-14)7-16-11-3-4-11/h1-2,5-6,8,11,16H,3-4,7,9H2. The molecule has 0 spiro atoms. The number of nitrogens with one attached hydrogen (secondary N) is 1. The van der Waals surface area contributed by atoms with E-state index in [0.29, 0.717) is 6.61 Å². The lowest BCUT2D eigenvalue weighted by molar-refractivity contribution is 0.305.